The molecule has 1 amide bonds. The van der Waals surface area contributed by atoms with Gasteiger partial charge >= 0.3 is 0 Å². The average molecular weight is 232 g/mol. The number of carbonyl (C=O) groups excluding carboxylic acids is 1. The number of likely N-dealkylation sites (N-methyl/N-ethyl adjacent to an activating group) is 1. The molecule has 0 unspecified atom stereocenters. The number of hydrogen-bond acceptors (Lipinski definition) is 2. The van der Waals surface area contributed by atoms with E-state index in [1.54, 1.807) is 0 Å². The summed E-state index contributed by atoms with van der Waals surface area (Å²) in [6.45, 7) is 4.14. The first kappa shape index (κ1) is 12.1. The first-order valence-electron chi connectivity index (χ1n) is 6.27. The normalized spacial score (nSPS) is 20.5. The first-order valence-corrected chi connectivity index (χ1v) is 6.27. The van der Waals surface area contributed by atoms with E-state index in [9.17, 15) is 4.79 Å². The molecule has 92 valence electrons. The van der Waals surface area contributed by atoms with Gasteiger partial charge in [0.15, 0.2) is 0 Å². The Morgan fingerprint density at radius 3 is 2.65 bits per heavy atom. The number of likely N-dealkylation sites (tertiary alicyclic amines) is 1. The second-order valence-electron chi connectivity index (χ2n) is 4.77. The molecule has 1 aliphatic rings. The Morgan fingerprint density at radius 1 is 1.41 bits per heavy atom. The van der Waals surface area contributed by atoms with Crippen molar-refractivity contribution < 1.29 is 4.79 Å². The molecule has 1 atom stereocenters. The molecule has 17 heavy (non-hydrogen) atoms. The Bertz CT molecular complexity index is 386. The van der Waals surface area contributed by atoms with Gasteiger partial charge in [0.25, 0.3) is 5.91 Å². The van der Waals surface area contributed by atoms with Gasteiger partial charge in [0, 0.05) is 18.2 Å². The van der Waals surface area contributed by atoms with E-state index in [0.717, 1.165) is 31.5 Å². The molecular formula is C14H20N2O. The summed E-state index contributed by atoms with van der Waals surface area (Å²) in [6, 6.07) is 8.17. The van der Waals surface area contributed by atoms with Gasteiger partial charge in [0.1, 0.15) is 0 Å². The minimum Gasteiger partial charge on any atom is -0.348 e. The molecule has 0 bridgehead atoms. The van der Waals surface area contributed by atoms with Crippen molar-refractivity contribution in [3.8, 4) is 0 Å². The van der Waals surface area contributed by atoms with Gasteiger partial charge in [-0.25, -0.2) is 0 Å². The summed E-state index contributed by atoms with van der Waals surface area (Å²) in [5.74, 6) is 0.0490. The topological polar surface area (TPSA) is 32.3 Å². The van der Waals surface area contributed by atoms with Crippen molar-refractivity contribution in [2.24, 2.45) is 0 Å². The van der Waals surface area contributed by atoms with Crippen molar-refractivity contribution in [2.45, 2.75) is 25.8 Å². The molecule has 1 aromatic carbocycles. The van der Waals surface area contributed by atoms with Gasteiger partial charge < -0.3 is 10.2 Å². The van der Waals surface area contributed by atoms with Crippen LogP contribution in [0, 0.1) is 0 Å². The summed E-state index contributed by atoms with van der Waals surface area (Å²) in [7, 11) is 2.09. The summed E-state index contributed by atoms with van der Waals surface area (Å²) < 4.78 is 0. The quantitative estimate of drug-likeness (QED) is 0.860. The summed E-state index contributed by atoms with van der Waals surface area (Å²) >= 11 is 0. The third kappa shape index (κ3) is 3.07. The second kappa shape index (κ2) is 5.32. The zero-order valence-electron chi connectivity index (χ0n) is 10.6. The molecule has 0 aliphatic carbocycles. The molecule has 0 radical (unpaired) electrons. The van der Waals surface area contributed by atoms with Crippen molar-refractivity contribution >= 4 is 5.91 Å². The predicted molar refractivity (Wildman–Crippen MR) is 69.2 cm³/mol. The number of rotatable bonds is 3. The van der Waals surface area contributed by atoms with E-state index in [-0.39, 0.29) is 5.91 Å². The van der Waals surface area contributed by atoms with Crippen molar-refractivity contribution in [1.29, 1.82) is 0 Å². The molecule has 1 saturated heterocycles. The van der Waals surface area contributed by atoms with Crippen LogP contribution in [0.15, 0.2) is 24.3 Å². The zero-order chi connectivity index (χ0) is 12.3. The number of amides is 1. The largest absolute Gasteiger partial charge is 0.348 e. The summed E-state index contributed by atoms with van der Waals surface area (Å²) in [4.78, 5) is 14.2. The summed E-state index contributed by atoms with van der Waals surface area (Å²) in [5.41, 5.74) is 2.03. The van der Waals surface area contributed by atoms with E-state index >= 15 is 0 Å². The van der Waals surface area contributed by atoms with Crippen LogP contribution >= 0.6 is 0 Å². The highest BCUT2D eigenvalue weighted by atomic mass is 16.1. The van der Waals surface area contributed by atoms with Gasteiger partial charge in [0.2, 0.25) is 0 Å². The Labute approximate surface area is 103 Å². The van der Waals surface area contributed by atoms with Gasteiger partial charge in [0.05, 0.1) is 0 Å². The SMILES string of the molecule is CCc1ccc(C(=O)N[C@@H]2CCN(C)C2)cc1. The zero-order valence-corrected chi connectivity index (χ0v) is 10.6. The van der Waals surface area contributed by atoms with Gasteiger partial charge in [-0.1, -0.05) is 19.1 Å². The van der Waals surface area contributed by atoms with Gasteiger partial charge in [-0.05, 0) is 44.1 Å². The van der Waals surface area contributed by atoms with Crippen LogP contribution in [0.4, 0.5) is 0 Å². The number of nitrogens with one attached hydrogen (secondary N) is 1. The van der Waals surface area contributed by atoms with Crippen molar-refractivity contribution in [3.63, 3.8) is 0 Å². The fourth-order valence-corrected chi connectivity index (χ4v) is 2.21. The molecule has 1 aromatic rings. The highest BCUT2D eigenvalue weighted by Gasteiger charge is 2.21. The molecular weight excluding hydrogens is 212 g/mol. The van der Waals surface area contributed by atoms with Crippen LogP contribution in [0.2, 0.25) is 0 Å². The third-order valence-electron chi connectivity index (χ3n) is 3.35. The van der Waals surface area contributed by atoms with Crippen LogP contribution in [0.3, 0.4) is 0 Å². The predicted octanol–water partition coefficient (Wildman–Crippen LogP) is 1.68. The van der Waals surface area contributed by atoms with E-state index in [1.165, 1.54) is 5.56 Å². The fourth-order valence-electron chi connectivity index (χ4n) is 2.21. The molecule has 0 spiro atoms. The van der Waals surface area contributed by atoms with Gasteiger partial charge in [-0.2, -0.15) is 0 Å². The summed E-state index contributed by atoms with van der Waals surface area (Å²) in [6.07, 6.45) is 2.06. The highest BCUT2D eigenvalue weighted by molar-refractivity contribution is 5.94. The Kier molecular flexibility index (Phi) is 3.79. The lowest BCUT2D eigenvalue weighted by molar-refractivity contribution is 0.0938. The van der Waals surface area contributed by atoms with Crippen molar-refractivity contribution in [2.75, 3.05) is 20.1 Å². The van der Waals surface area contributed by atoms with Crippen LogP contribution < -0.4 is 5.32 Å². The lowest BCUT2D eigenvalue weighted by Crippen LogP contribution is -2.36. The number of benzene rings is 1. The third-order valence-corrected chi connectivity index (χ3v) is 3.35. The molecule has 0 aromatic heterocycles. The van der Waals surface area contributed by atoms with Gasteiger partial charge in [-0.15, -0.1) is 0 Å². The minimum atomic E-state index is 0.0490. The van der Waals surface area contributed by atoms with Crippen LogP contribution in [-0.2, 0) is 6.42 Å². The van der Waals surface area contributed by atoms with E-state index in [2.05, 4.69) is 24.2 Å². The number of carbonyl (C=O) groups is 1. The number of hydrogen-bond donors (Lipinski definition) is 1. The standard InChI is InChI=1S/C14H20N2O/c1-3-11-4-6-12(7-5-11)14(17)15-13-8-9-16(2)10-13/h4-7,13H,3,8-10H2,1-2H3,(H,15,17)/t13-/m1/s1. The van der Waals surface area contributed by atoms with E-state index in [1.807, 2.05) is 24.3 Å². The monoisotopic (exact) mass is 232 g/mol. The molecule has 1 N–H and O–H groups in total. The van der Waals surface area contributed by atoms with Crippen LogP contribution in [0.1, 0.15) is 29.3 Å². The average Bonchev–Trinajstić information content (AvgIpc) is 2.75. The second-order valence-corrected chi connectivity index (χ2v) is 4.77. The van der Waals surface area contributed by atoms with Crippen molar-refractivity contribution in [1.82, 2.24) is 10.2 Å². The fraction of sp³-hybridized carbons (Fsp3) is 0.500. The maximum Gasteiger partial charge on any atom is 0.251 e. The minimum absolute atomic E-state index is 0.0490. The smallest absolute Gasteiger partial charge is 0.251 e. The highest BCUT2D eigenvalue weighted by Crippen LogP contribution is 2.09. The van der Waals surface area contributed by atoms with E-state index in [4.69, 9.17) is 0 Å². The molecule has 3 nitrogen and oxygen atoms in total. The van der Waals surface area contributed by atoms with Gasteiger partial charge in [-0.3, -0.25) is 4.79 Å². The number of nitrogens with zero attached hydrogens (tertiary/aromatic N) is 1. The van der Waals surface area contributed by atoms with Crippen molar-refractivity contribution in [3.05, 3.63) is 35.4 Å². The lowest BCUT2D eigenvalue weighted by Gasteiger charge is -2.13. The van der Waals surface area contributed by atoms with Crippen LogP contribution in [-0.4, -0.2) is 37.0 Å². The molecule has 1 fully saturated rings. The summed E-state index contributed by atoms with van der Waals surface area (Å²) in [5, 5.41) is 3.08. The molecule has 1 aliphatic heterocycles. The Hall–Kier alpha value is -1.35. The Balaban J connectivity index is 1.94. The number of aryl methyl sites for hydroxylation is 1. The van der Waals surface area contributed by atoms with Crippen LogP contribution in [0.5, 0.6) is 0 Å². The molecule has 0 saturated carbocycles. The van der Waals surface area contributed by atoms with E-state index in [0.29, 0.717) is 6.04 Å². The van der Waals surface area contributed by atoms with E-state index < -0.39 is 0 Å². The molecule has 3 heteroatoms. The molecule has 1 heterocycles. The maximum absolute atomic E-state index is 12.0. The first-order chi connectivity index (χ1) is 8.19. The van der Waals surface area contributed by atoms with Crippen LogP contribution in [0.25, 0.3) is 0 Å². The Morgan fingerprint density at radius 2 is 2.12 bits per heavy atom. The molecule has 2 rings (SSSR count). The maximum atomic E-state index is 12.0. The lowest BCUT2D eigenvalue weighted by atomic mass is 10.1.